The largest absolute Gasteiger partial charge is 0.345 e. The minimum Gasteiger partial charge on any atom is -0.345 e. The molecule has 1 heterocycles. The molecule has 3 N–H and O–H groups in total. The van der Waals surface area contributed by atoms with Gasteiger partial charge in [-0.3, -0.25) is 4.79 Å². The van der Waals surface area contributed by atoms with Crippen molar-refractivity contribution >= 4 is 16.7 Å². The highest BCUT2D eigenvalue weighted by molar-refractivity contribution is 5.87. The molecule has 0 radical (unpaired) electrons. The molecule has 1 aliphatic heterocycles. The molecular formula is C19H27N3O+2. The number of fused-ring (bicyclic) bond motifs is 1. The molecule has 0 bridgehead atoms. The Morgan fingerprint density at radius 1 is 1.09 bits per heavy atom. The molecule has 0 unspecified atom stereocenters. The SMILES string of the molecule is C[C@H](NC(=O)C[NH+]1CC[NH+](C)CC1)c1cccc2ccccc12. The lowest BCUT2D eigenvalue weighted by molar-refractivity contribution is -1.000. The zero-order valence-corrected chi connectivity index (χ0v) is 14.1. The highest BCUT2D eigenvalue weighted by atomic mass is 16.2. The van der Waals surface area contributed by atoms with E-state index in [0.717, 1.165) is 26.2 Å². The third kappa shape index (κ3) is 3.89. The van der Waals surface area contributed by atoms with Gasteiger partial charge in [-0.1, -0.05) is 42.5 Å². The van der Waals surface area contributed by atoms with Crippen LogP contribution >= 0.6 is 0 Å². The standard InChI is InChI=1S/C19H25N3O/c1-15(17-9-5-7-16-6-3-4-8-18(16)17)20-19(23)14-22-12-10-21(2)11-13-22/h3-9,15H,10-14H2,1-2H3,(H,20,23)/p+2/t15-/m0/s1. The summed E-state index contributed by atoms with van der Waals surface area (Å²) in [6.45, 7) is 7.14. The van der Waals surface area contributed by atoms with Gasteiger partial charge in [-0.2, -0.15) is 0 Å². The summed E-state index contributed by atoms with van der Waals surface area (Å²) in [5, 5.41) is 5.62. The second kappa shape index (κ2) is 7.11. The fourth-order valence-corrected chi connectivity index (χ4v) is 3.43. The van der Waals surface area contributed by atoms with E-state index >= 15 is 0 Å². The Hall–Kier alpha value is -1.91. The number of likely N-dealkylation sites (N-methyl/N-ethyl adjacent to an activating group) is 1. The summed E-state index contributed by atoms with van der Waals surface area (Å²) in [6.07, 6.45) is 0. The van der Waals surface area contributed by atoms with Gasteiger partial charge in [-0.05, 0) is 23.3 Å². The maximum Gasteiger partial charge on any atom is 0.275 e. The van der Waals surface area contributed by atoms with Crippen LogP contribution in [-0.4, -0.2) is 45.7 Å². The minimum atomic E-state index is 0.0334. The Kier molecular flexibility index (Phi) is 4.94. The molecule has 3 rings (SSSR count). The van der Waals surface area contributed by atoms with Gasteiger partial charge < -0.3 is 15.1 Å². The number of hydrogen-bond donors (Lipinski definition) is 3. The maximum absolute atomic E-state index is 12.4. The summed E-state index contributed by atoms with van der Waals surface area (Å²) in [7, 11) is 2.22. The summed E-state index contributed by atoms with van der Waals surface area (Å²) < 4.78 is 0. The quantitative estimate of drug-likeness (QED) is 0.695. The Bertz CT molecular complexity index is 672. The lowest BCUT2D eigenvalue weighted by Crippen LogP contribution is -3.27. The molecule has 1 aliphatic rings. The summed E-state index contributed by atoms with van der Waals surface area (Å²) in [4.78, 5) is 15.3. The molecular weight excluding hydrogens is 286 g/mol. The molecule has 2 aromatic carbocycles. The molecule has 0 spiro atoms. The maximum atomic E-state index is 12.4. The molecule has 1 atom stereocenters. The van der Waals surface area contributed by atoms with E-state index in [1.54, 1.807) is 4.90 Å². The van der Waals surface area contributed by atoms with Gasteiger partial charge in [0.1, 0.15) is 26.2 Å². The van der Waals surface area contributed by atoms with E-state index in [1.807, 2.05) is 6.07 Å². The van der Waals surface area contributed by atoms with Gasteiger partial charge >= 0.3 is 0 Å². The van der Waals surface area contributed by atoms with E-state index in [1.165, 1.54) is 21.2 Å². The molecule has 1 saturated heterocycles. The van der Waals surface area contributed by atoms with Crippen LogP contribution in [0.3, 0.4) is 0 Å². The van der Waals surface area contributed by atoms with Crippen molar-refractivity contribution in [3.8, 4) is 0 Å². The number of quaternary nitrogens is 2. The van der Waals surface area contributed by atoms with Crippen molar-refractivity contribution in [3.05, 3.63) is 48.0 Å². The Morgan fingerprint density at radius 3 is 2.57 bits per heavy atom. The van der Waals surface area contributed by atoms with Gasteiger partial charge in [0.2, 0.25) is 0 Å². The molecule has 0 aromatic heterocycles. The van der Waals surface area contributed by atoms with Crippen LogP contribution in [0.2, 0.25) is 0 Å². The average molecular weight is 313 g/mol. The molecule has 23 heavy (non-hydrogen) atoms. The van der Waals surface area contributed by atoms with E-state index in [-0.39, 0.29) is 11.9 Å². The molecule has 4 nitrogen and oxygen atoms in total. The fraction of sp³-hybridized carbons (Fsp3) is 0.421. The van der Waals surface area contributed by atoms with Crippen LogP contribution < -0.4 is 15.1 Å². The normalized spacial score (nSPS) is 22.7. The molecule has 1 amide bonds. The van der Waals surface area contributed by atoms with Gasteiger partial charge in [0.15, 0.2) is 6.54 Å². The van der Waals surface area contributed by atoms with Crippen LogP contribution in [0.25, 0.3) is 10.8 Å². The first-order valence-corrected chi connectivity index (χ1v) is 8.55. The van der Waals surface area contributed by atoms with Crippen molar-refractivity contribution in [2.45, 2.75) is 13.0 Å². The van der Waals surface area contributed by atoms with Crippen molar-refractivity contribution in [1.82, 2.24) is 5.32 Å². The van der Waals surface area contributed by atoms with Crippen LogP contribution in [0.15, 0.2) is 42.5 Å². The second-order valence-corrected chi connectivity index (χ2v) is 6.74. The van der Waals surface area contributed by atoms with Crippen LogP contribution in [0, 0.1) is 0 Å². The number of piperazine rings is 1. The number of benzene rings is 2. The summed E-state index contributed by atoms with van der Waals surface area (Å²) in [5.74, 6) is 0.153. The third-order valence-electron chi connectivity index (χ3n) is 4.89. The Morgan fingerprint density at radius 2 is 1.78 bits per heavy atom. The van der Waals surface area contributed by atoms with Crippen LogP contribution in [0.1, 0.15) is 18.5 Å². The van der Waals surface area contributed by atoms with Gasteiger partial charge in [0.25, 0.3) is 5.91 Å². The summed E-state index contributed by atoms with van der Waals surface area (Å²) in [5.41, 5.74) is 1.19. The van der Waals surface area contributed by atoms with Gasteiger partial charge in [0.05, 0.1) is 13.1 Å². The first-order valence-electron chi connectivity index (χ1n) is 8.55. The first kappa shape index (κ1) is 16.0. The smallest absolute Gasteiger partial charge is 0.275 e. The molecule has 0 aliphatic carbocycles. The van der Waals surface area contributed by atoms with Crippen molar-refractivity contribution in [2.24, 2.45) is 0 Å². The van der Waals surface area contributed by atoms with E-state index in [4.69, 9.17) is 0 Å². The molecule has 0 saturated carbocycles. The van der Waals surface area contributed by atoms with Gasteiger partial charge in [0, 0.05) is 0 Å². The molecule has 122 valence electrons. The van der Waals surface area contributed by atoms with Gasteiger partial charge in [-0.25, -0.2) is 0 Å². The zero-order chi connectivity index (χ0) is 16.2. The summed E-state index contributed by atoms with van der Waals surface area (Å²) >= 11 is 0. The Labute approximate surface area is 138 Å². The average Bonchev–Trinajstić information content (AvgIpc) is 2.56. The van der Waals surface area contributed by atoms with Crippen molar-refractivity contribution in [1.29, 1.82) is 0 Å². The van der Waals surface area contributed by atoms with Crippen molar-refractivity contribution in [3.63, 3.8) is 0 Å². The number of carbonyl (C=O) groups excluding carboxylic acids is 1. The zero-order valence-electron chi connectivity index (χ0n) is 14.1. The first-order chi connectivity index (χ1) is 11.1. The van der Waals surface area contributed by atoms with Crippen LogP contribution in [0.5, 0.6) is 0 Å². The topological polar surface area (TPSA) is 38.0 Å². The van der Waals surface area contributed by atoms with Crippen molar-refractivity contribution in [2.75, 3.05) is 39.8 Å². The number of carbonyl (C=O) groups is 1. The molecule has 2 aromatic rings. The molecule has 1 fully saturated rings. The number of nitrogens with one attached hydrogen (secondary N) is 3. The van der Waals surface area contributed by atoms with E-state index in [9.17, 15) is 4.79 Å². The second-order valence-electron chi connectivity index (χ2n) is 6.74. The predicted octanol–water partition coefficient (Wildman–Crippen LogP) is -0.570. The van der Waals surface area contributed by atoms with Gasteiger partial charge in [-0.15, -0.1) is 0 Å². The summed E-state index contributed by atoms with van der Waals surface area (Å²) in [6, 6.07) is 14.7. The predicted molar refractivity (Wildman–Crippen MR) is 92.7 cm³/mol. The van der Waals surface area contributed by atoms with E-state index in [0.29, 0.717) is 6.54 Å². The number of hydrogen-bond acceptors (Lipinski definition) is 1. The lowest BCUT2D eigenvalue weighted by atomic mass is 10.00. The van der Waals surface area contributed by atoms with Crippen LogP contribution in [-0.2, 0) is 4.79 Å². The highest BCUT2D eigenvalue weighted by Crippen LogP contribution is 2.23. The minimum absolute atomic E-state index is 0.0334. The highest BCUT2D eigenvalue weighted by Gasteiger charge is 2.23. The number of amides is 1. The van der Waals surface area contributed by atoms with E-state index < -0.39 is 0 Å². The lowest BCUT2D eigenvalue weighted by Gasteiger charge is -2.27. The molecule has 4 heteroatoms. The fourth-order valence-electron chi connectivity index (χ4n) is 3.43. The Balaban J connectivity index is 1.64. The van der Waals surface area contributed by atoms with Crippen molar-refractivity contribution < 1.29 is 14.6 Å². The third-order valence-corrected chi connectivity index (χ3v) is 4.89. The number of rotatable bonds is 4. The van der Waals surface area contributed by atoms with E-state index in [2.05, 4.69) is 55.7 Å². The van der Waals surface area contributed by atoms with Crippen LogP contribution in [0.4, 0.5) is 0 Å². The monoisotopic (exact) mass is 313 g/mol.